The largest absolute Gasteiger partial charge is 0.497 e. The molecule has 0 spiro atoms. The molecule has 3 aromatic rings. The molecule has 1 unspecified atom stereocenters. The van der Waals surface area contributed by atoms with Gasteiger partial charge in [-0.2, -0.15) is 0 Å². The van der Waals surface area contributed by atoms with Crippen molar-refractivity contribution in [3.05, 3.63) is 89.5 Å². The molecule has 47 heavy (non-hydrogen) atoms. The maximum Gasteiger partial charge on any atom is 0.324 e. The lowest BCUT2D eigenvalue weighted by Crippen LogP contribution is -2.53. The van der Waals surface area contributed by atoms with E-state index in [2.05, 4.69) is 10.9 Å². The molecule has 0 fully saturated rings. The van der Waals surface area contributed by atoms with Crippen LogP contribution < -0.4 is 30.8 Å². The van der Waals surface area contributed by atoms with Crippen LogP contribution in [0.15, 0.2) is 72.8 Å². The summed E-state index contributed by atoms with van der Waals surface area (Å²) in [6.45, 7) is 0.613. The number of nitrogens with one attached hydrogen (secondary N) is 2. The smallest absolute Gasteiger partial charge is 0.324 e. The van der Waals surface area contributed by atoms with E-state index in [-0.39, 0.29) is 32.7 Å². The zero-order valence-corrected chi connectivity index (χ0v) is 27.2. The van der Waals surface area contributed by atoms with Crippen LogP contribution in [0.5, 0.6) is 17.2 Å². The number of carbonyl (C=O) groups is 3. The van der Waals surface area contributed by atoms with Gasteiger partial charge in [-0.25, -0.2) is 10.9 Å². The monoisotopic (exact) mass is 651 g/mol. The van der Waals surface area contributed by atoms with Gasteiger partial charge >= 0.3 is 17.9 Å². The summed E-state index contributed by atoms with van der Waals surface area (Å²) in [7, 11) is 4.72. The summed E-state index contributed by atoms with van der Waals surface area (Å²) in [5, 5.41) is 0. The molecule has 254 valence electrons. The summed E-state index contributed by atoms with van der Waals surface area (Å²) in [6.07, 6.45) is 1.73. The molecule has 0 amide bonds. The summed E-state index contributed by atoms with van der Waals surface area (Å²) in [5.74, 6) is 0.462. The third-order valence-corrected chi connectivity index (χ3v) is 7.22. The molecule has 0 saturated heterocycles. The molecule has 3 aromatic carbocycles. The highest BCUT2D eigenvalue weighted by atomic mass is 16.5. The minimum atomic E-state index is -0.979. The number of hydrazine groups is 1. The summed E-state index contributed by atoms with van der Waals surface area (Å²) >= 11 is 0. The van der Waals surface area contributed by atoms with Gasteiger partial charge in [0.2, 0.25) is 0 Å². The number of ether oxygens (including phenoxy) is 6. The van der Waals surface area contributed by atoms with Crippen molar-refractivity contribution in [3.8, 4) is 17.2 Å². The molecule has 3 rings (SSSR count). The lowest BCUT2D eigenvalue weighted by molar-refractivity contribution is -0.152. The number of carbonyl (C=O) groups excluding carboxylic acids is 3. The van der Waals surface area contributed by atoms with Gasteiger partial charge < -0.3 is 34.2 Å². The van der Waals surface area contributed by atoms with Gasteiger partial charge in [-0.1, -0.05) is 36.4 Å². The van der Waals surface area contributed by atoms with E-state index in [1.54, 1.807) is 82.0 Å². The Morgan fingerprint density at radius 2 is 0.957 bits per heavy atom. The molecule has 0 aliphatic carbocycles. The molecule has 12 nitrogen and oxygen atoms in total. The first kappa shape index (κ1) is 36.8. The number of hydrogen-bond acceptors (Lipinski definition) is 12. The van der Waals surface area contributed by atoms with E-state index in [0.29, 0.717) is 43.1 Å². The highest BCUT2D eigenvalue weighted by Gasteiger charge is 2.26. The van der Waals surface area contributed by atoms with Crippen molar-refractivity contribution in [1.82, 2.24) is 10.9 Å². The van der Waals surface area contributed by atoms with Gasteiger partial charge in [0.25, 0.3) is 0 Å². The molecule has 0 aromatic heterocycles. The second kappa shape index (κ2) is 20.5. The van der Waals surface area contributed by atoms with Crippen molar-refractivity contribution in [2.45, 2.75) is 64.0 Å². The van der Waals surface area contributed by atoms with Crippen LogP contribution in [0.4, 0.5) is 0 Å². The van der Waals surface area contributed by atoms with Crippen LogP contribution in [-0.4, -0.2) is 57.9 Å². The van der Waals surface area contributed by atoms with E-state index in [9.17, 15) is 14.4 Å². The van der Waals surface area contributed by atoms with Gasteiger partial charge in [-0.15, -0.1) is 0 Å². The van der Waals surface area contributed by atoms with E-state index in [0.717, 1.165) is 16.7 Å². The lowest BCUT2D eigenvalue weighted by Gasteiger charge is -2.23. The van der Waals surface area contributed by atoms with Gasteiger partial charge in [-0.05, 0) is 85.3 Å². The number of unbranched alkanes of at least 4 members (excludes halogenated alkanes) is 1. The van der Waals surface area contributed by atoms with Crippen molar-refractivity contribution in [2.75, 3.05) is 27.9 Å². The zero-order chi connectivity index (χ0) is 33.9. The Kier molecular flexibility index (Phi) is 16.0. The fraction of sp³-hybridized carbons (Fsp3) is 0.400. The maximum atomic E-state index is 13.2. The van der Waals surface area contributed by atoms with Crippen molar-refractivity contribution in [3.63, 3.8) is 0 Å². The molecule has 12 heteroatoms. The Bertz CT molecular complexity index is 1370. The number of methoxy groups -OCH3 is 3. The normalized spacial score (nSPS) is 12.0. The minimum absolute atomic E-state index is 0.00670. The Balaban J connectivity index is 1.62. The summed E-state index contributed by atoms with van der Waals surface area (Å²) in [5.41, 5.74) is 13.9. The number of esters is 3. The molecule has 0 radical (unpaired) electrons. The second-order valence-corrected chi connectivity index (χ2v) is 10.6. The van der Waals surface area contributed by atoms with Crippen LogP contribution >= 0.6 is 0 Å². The second-order valence-electron chi connectivity index (χ2n) is 10.6. The molecular weight excluding hydrogens is 606 g/mol. The van der Waals surface area contributed by atoms with Crippen molar-refractivity contribution < 1.29 is 42.8 Å². The molecule has 0 aliphatic rings. The molecule has 0 bridgehead atoms. The third kappa shape index (κ3) is 13.3. The fourth-order valence-corrected chi connectivity index (χ4v) is 4.37. The Morgan fingerprint density at radius 3 is 1.34 bits per heavy atom. The summed E-state index contributed by atoms with van der Waals surface area (Å²) < 4.78 is 32.1. The van der Waals surface area contributed by atoms with Crippen molar-refractivity contribution in [2.24, 2.45) is 5.73 Å². The molecule has 2 atom stereocenters. The maximum absolute atomic E-state index is 13.2. The zero-order valence-electron chi connectivity index (χ0n) is 27.2. The average molecular weight is 652 g/mol. The lowest BCUT2D eigenvalue weighted by atomic mass is 10.1. The van der Waals surface area contributed by atoms with Crippen LogP contribution in [0, 0.1) is 0 Å². The number of rotatable bonds is 21. The average Bonchev–Trinajstić information content (AvgIpc) is 3.11. The van der Waals surface area contributed by atoms with E-state index in [4.69, 9.17) is 34.2 Å². The summed E-state index contributed by atoms with van der Waals surface area (Å²) in [6, 6.07) is 19.7. The van der Waals surface area contributed by atoms with Crippen LogP contribution in [0.25, 0.3) is 0 Å². The highest BCUT2D eigenvalue weighted by molar-refractivity contribution is 5.78. The number of nitrogens with two attached hydrogens (primary N) is 1. The molecule has 0 aliphatic heterocycles. The minimum Gasteiger partial charge on any atom is -0.497 e. The quantitative estimate of drug-likeness (QED) is 0.0660. The van der Waals surface area contributed by atoms with Crippen LogP contribution in [0.2, 0.25) is 0 Å². The first-order valence-electron chi connectivity index (χ1n) is 15.4. The first-order chi connectivity index (χ1) is 22.8. The number of benzene rings is 3. The van der Waals surface area contributed by atoms with Gasteiger partial charge in [0.15, 0.2) is 0 Å². The van der Waals surface area contributed by atoms with E-state index < -0.39 is 30.0 Å². The molecule has 0 saturated carbocycles. The van der Waals surface area contributed by atoms with Crippen LogP contribution in [0.1, 0.15) is 48.8 Å². The topological polar surface area (TPSA) is 157 Å². The summed E-state index contributed by atoms with van der Waals surface area (Å²) in [4.78, 5) is 39.0. The Hall–Kier alpha value is -4.65. The van der Waals surface area contributed by atoms with E-state index in [1.165, 1.54) is 0 Å². The highest BCUT2D eigenvalue weighted by Crippen LogP contribution is 2.16. The van der Waals surface area contributed by atoms with Crippen molar-refractivity contribution >= 4 is 17.9 Å². The molecule has 0 heterocycles. The van der Waals surface area contributed by atoms with Crippen LogP contribution in [0.3, 0.4) is 0 Å². The van der Waals surface area contributed by atoms with E-state index >= 15 is 0 Å². The Labute approximate surface area is 275 Å². The van der Waals surface area contributed by atoms with Gasteiger partial charge in [0.1, 0.15) is 49.2 Å². The predicted molar refractivity (Wildman–Crippen MR) is 174 cm³/mol. The van der Waals surface area contributed by atoms with E-state index in [1.807, 2.05) is 12.1 Å². The van der Waals surface area contributed by atoms with Gasteiger partial charge in [0.05, 0.1) is 21.3 Å². The Morgan fingerprint density at radius 1 is 0.574 bits per heavy atom. The van der Waals surface area contributed by atoms with Crippen molar-refractivity contribution in [1.29, 1.82) is 0 Å². The first-order valence-corrected chi connectivity index (χ1v) is 15.4. The molecular formula is C35H45N3O9. The predicted octanol–water partition coefficient (Wildman–Crippen LogP) is 3.98. The van der Waals surface area contributed by atoms with Gasteiger partial charge in [0, 0.05) is 6.42 Å². The SMILES string of the molecule is COc1ccc(COC(=O)CCC(NN[C@H](CCCCN)C(=O)OCc2ccc(OC)cc2)C(=O)OCc2ccc(OC)cc2)cc1. The standard InChI is InChI=1S/C35H45N3O9/c1-42-28-13-7-25(8-14-28)22-45-33(39)20-19-32(35(41)47-24-27-11-17-30(44-3)18-12-27)38-37-31(6-4-5-21-36)34(40)46-23-26-9-15-29(43-2)16-10-26/h7-18,31-32,37-38H,4-6,19-24,36H2,1-3H3/t31-,32?/m1/s1. The van der Waals surface area contributed by atoms with Gasteiger partial charge in [-0.3, -0.25) is 14.4 Å². The molecule has 4 N–H and O–H groups in total. The number of hydrogen-bond donors (Lipinski definition) is 3. The fourth-order valence-electron chi connectivity index (χ4n) is 4.37. The third-order valence-electron chi connectivity index (χ3n) is 7.22. The van der Waals surface area contributed by atoms with Crippen LogP contribution in [-0.2, 0) is 48.4 Å².